The first kappa shape index (κ1) is 25.6. The van der Waals surface area contributed by atoms with Crippen LogP contribution in [0, 0.1) is 62.6 Å². The van der Waals surface area contributed by atoms with Gasteiger partial charge in [0, 0.05) is 0 Å². The fourth-order valence-electron chi connectivity index (χ4n) is 12.9. The van der Waals surface area contributed by atoms with Crippen molar-refractivity contribution >= 4 is 0 Å². The average molecular weight is 469 g/mol. The maximum Gasteiger partial charge on any atom is -0.0235 e. The van der Waals surface area contributed by atoms with Crippen LogP contribution >= 0.6 is 0 Å². The minimum Gasteiger partial charge on any atom is -0.0654 e. The zero-order valence-corrected chi connectivity index (χ0v) is 24.6. The first-order chi connectivity index (χ1) is 15.9. The summed E-state index contributed by atoms with van der Waals surface area (Å²) in [6.07, 6.45) is 22.5. The van der Waals surface area contributed by atoms with Gasteiger partial charge in [-0.15, -0.1) is 0 Å². The van der Waals surface area contributed by atoms with E-state index in [1.165, 1.54) is 77.0 Å². The Morgan fingerprint density at radius 1 is 0.647 bits per heavy atom. The quantitative estimate of drug-likeness (QED) is 0.352. The van der Waals surface area contributed by atoms with Crippen molar-refractivity contribution in [2.24, 2.45) is 62.6 Å². The second kappa shape index (κ2) is 8.51. The largest absolute Gasteiger partial charge is 0.0654 e. The molecule has 10 unspecified atom stereocenters. The summed E-state index contributed by atoms with van der Waals surface area (Å²) in [5.74, 6) is 5.88. The molecule has 0 aromatic heterocycles. The van der Waals surface area contributed by atoms with E-state index >= 15 is 0 Å². The minimum atomic E-state index is 0.558. The molecular formula is C34H60. The molecule has 5 aliphatic rings. The van der Waals surface area contributed by atoms with Gasteiger partial charge >= 0.3 is 0 Å². The van der Waals surface area contributed by atoms with Crippen molar-refractivity contribution in [2.75, 3.05) is 0 Å². The van der Waals surface area contributed by atoms with Gasteiger partial charge in [0.15, 0.2) is 0 Å². The fraction of sp³-hybridized carbons (Fsp3) is 1.00. The van der Waals surface area contributed by atoms with E-state index in [4.69, 9.17) is 0 Å². The highest BCUT2D eigenvalue weighted by Gasteiger charge is 2.70. The molecule has 5 fully saturated rings. The summed E-state index contributed by atoms with van der Waals surface area (Å²) in [7, 11) is 0. The molecule has 0 heteroatoms. The van der Waals surface area contributed by atoms with Crippen LogP contribution in [-0.2, 0) is 0 Å². The van der Waals surface area contributed by atoms with Crippen molar-refractivity contribution in [3.05, 3.63) is 0 Å². The molecular weight excluding hydrogens is 408 g/mol. The first-order valence-corrected chi connectivity index (χ1v) is 15.9. The van der Waals surface area contributed by atoms with Gasteiger partial charge in [-0.05, 0) is 127 Å². The predicted octanol–water partition coefficient (Wildman–Crippen LogP) is 10.7. The monoisotopic (exact) mass is 468 g/mol. The van der Waals surface area contributed by atoms with E-state index in [2.05, 4.69) is 55.4 Å². The molecule has 0 saturated heterocycles. The highest BCUT2D eigenvalue weighted by Crippen LogP contribution is 2.78. The van der Waals surface area contributed by atoms with E-state index < -0.39 is 0 Å². The molecule has 5 aliphatic carbocycles. The van der Waals surface area contributed by atoms with E-state index in [1.807, 2.05) is 0 Å². The van der Waals surface area contributed by atoms with Crippen molar-refractivity contribution in [1.82, 2.24) is 0 Å². The van der Waals surface area contributed by atoms with E-state index in [1.54, 1.807) is 19.3 Å². The summed E-state index contributed by atoms with van der Waals surface area (Å²) in [6.45, 7) is 21.5. The molecule has 0 bridgehead atoms. The topological polar surface area (TPSA) is 0 Å². The van der Waals surface area contributed by atoms with E-state index in [0.717, 1.165) is 35.5 Å². The van der Waals surface area contributed by atoms with Gasteiger partial charge in [0.05, 0.1) is 0 Å². The minimum absolute atomic E-state index is 0.558. The molecule has 0 radical (unpaired) electrons. The molecule has 0 spiro atoms. The zero-order valence-electron chi connectivity index (χ0n) is 24.6. The third-order valence-corrected chi connectivity index (χ3v) is 14.8. The van der Waals surface area contributed by atoms with Crippen LogP contribution in [-0.4, -0.2) is 0 Å². The lowest BCUT2D eigenvalue weighted by Gasteiger charge is -2.73. The lowest BCUT2D eigenvalue weighted by molar-refractivity contribution is -0.241. The number of rotatable bonds is 5. The van der Waals surface area contributed by atoms with Crippen LogP contribution < -0.4 is 0 Å². The van der Waals surface area contributed by atoms with E-state index in [0.29, 0.717) is 27.1 Å². The summed E-state index contributed by atoms with van der Waals surface area (Å²) in [6, 6.07) is 0. The predicted molar refractivity (Wildman–Crippen MR) is 148 cm³/mol. The molecule has 34 heavy (non-hydrogen) atoms. The van der Waals surface area contributed by atoms with Gasteiger partial charge in [0.25, 0.3) is 0 Å². The molecule has 0 N–H and O–H groups in total. The van der Waals surface area contributed by atoms with Crippen LogP contribution in [0.1, 0.15) is 152 Å². The van der Waals surface area contributed by atoms with Crippen molar-refractivity contribution in [2.45, 2.75) is 152 Å². The number of hydrogen-bond acceptors (Lipinski definition) is 0. The average Bonchev–Trinajstić information content (AvgIpc) is 3.11. The van der Waals surface area contributed by atoms with Gasteiger partial charge in [0.2, 0.25) is 0 Å². The second-order valence-corrected chi connectivity index (χ2v) is 16.3. The summed E-state index contributed by atoms with van der Waals surface area (Å²) < 4.78 is 0. The molecule has 196 valence electrons. The molecule has 0 amide bonds. The van der Waals surface area contributed by atoms with Gasteiger partial charge in [0.1, 0.15) is 0 Å². The molecule has 0 aromatic carbocycles. The Kier molecular flexibility index (Phi) is 6.42. The van der Waals surface area contributed by atoms with Crippen molar-refractivity contribution in [3.63, 3.8) is 0 Å². The first-order valence-electron chi connectivity index (χ1n) is 15.9. The number of fused-ring (bicyclic) bond motifs is 7. The summed E-state index contributed by atoms with van der Waals surface area (Å²) in [4.78, 5) is 0. The smallest absolute Gasteiger partial charge is 0.0235 e. The normalized spacial score (nSPS) is 52.8. The summed E-state index contributed by atoms with van der Waals surface area (Å²) in [5.41, 5.74) is 2.90. The van der Waals surface area contributed by atoms with Gasteiger partial charge in [-0.2, -0.15) is 0 Å². The van der Waals surface area contributed by atoms with E-state index in [9.17, 15) is 0 Å². The third kappa shape index (κ3) is 3.41. The Bertz CT molecular complexity index is 749. The summed E-state index contributed by atoms with van der Waals surface area (Å²) >= 11 is 0. The van der Waals surface area contributed by atoms with Crippen molar-refractivity contribution in [3.8, 4) is 0 Å². The number of unbranched alkanes of at least 4 members (excludes halogenated alkanes) is 2. The van der Waals surface area contributed by atoms with Gasteiger partial charge in [-0.3, -0.25) is 0 Å². The van der Waals surface area contributed by atoms with Crippen molar-refractivity contribution in [1.29, 1.82) is 0 Å². The maximum atomic E-state index is 2.83. The van der Waals surface area contributed by atoms with Gasteiger partial charge in [-0.25, -0.2) is 0 Å². The second-order valence-electron chi connectivity index (χ2n) is 16.3. The van der Waals surface area contributed by atoms with Crippen LogP contribution in [0.3, 0.4) is 0 Å². The van der Waals surface area contributed by atoms with Crippen LogP contribution in [0.5, 0.6) is 0 Å². The molecule has 0 nitrogen and oxygen atoms in total. The lowest BCUT2D eigenvalue weighted by Crippen LogP contribution is -2.65. The Labute approximate surface area is 214 Å². The molecule has 5 rings (SSSR count). The van der Waals surface area contributed by atoms with Crippen molar-refractivity contribution < 1.29 is 0 Å². The van der Waals surface area contributed by atoms with Crippen LogP contribution in [0.2, 0.25) is 0 Å². The Hall–Kier alpha value is 0. The third-order valence-electron chi connectivity index (χ3n) is 14.8. The lowest BCUT2D eigenvalue weighted by atomic mass is 9.32. The summed E-state index contributed by atoms with van der Waals surface area (Å²) in [5, 5.41) is 0. The van der Waals surface area contributed by atoms with Gasteiger partial charge in [-0.1, -0.05) is 87.5 Å². The standard InChI is InChI=1S/C34H60/c1-9-10-11-13-24(2)25-16-21-31(5)26(25)17-22-33(7)28(31)14-15-29-32(6)20-12-19-30(3,4)27(32)18-23-34(29,33)8/h24-29H,9-23H2,1-8H3. The molecule has 10 atom stereocenters. The maximum absolute atomic E-state index is 2.83. The van der Waals surface area contributed by atoms with Crippen LogP contribution in [0.4, 0.5) is 0 Å². The van der Waals surface area contributed by atoms with Crippen LogP contribution in [0.15, 0.2) is 0 Å². The Morgan fingerprint density at radius 2 is 1.29 bits per heavy atom. The highest BCUT2D eigenvalue weighted by molar-refractivity contribution is 5.19. The van der Waals surface area contributed by atoms with Crippen LogP contribution in [0.25, 0.3) is 0 Å². The number of hydrogen-bond donors (Lipinski definition) is 0. The molecule has 5 saturated carbocycles. The Morgan fingerprint density at radius 3 is 1.97 bits per heavy atom. The highest BCUT2D eigenvalue weighted by atomic mass is 14.7. The molecule has 0 aliphatic heterocycles. The molecule has 0 aromatic rings. The van der Waals surface area contributed by atoms with E-state index in [-0.39, 0.29) is 0 Å². The Balaban J connectivity index is 1.41. The zero-order chi connectivity index (χ0) is 24.6. The van der Waals surface area contributed by atoms with Gasteiger partial charge < -0.3 is 0 Å². The molecule has 0 heterocycles. The SMILES string of the molecule is CCCCCC(C)C1CCC2(C)C1CCC1(C)C2CCC2C3(C)CCCC(C)(C)C3CCC21C. The fourth-order valence-corrected chi connectivity index (χ4v) is 12.9.